The summed E-state index contributed by atoms with van der Waals surface area (Å²) in [7, 11) is 0. The van der Waals surface area contributed by atoms with E-state index in [-0.39, 0.29) is 30.0 Å². The first-order chi connectivity index (χ1) is 9.49. The van der Waals surface area contributed by atoms with Crippen molar-refractivity contribution in [2.75, 3.05) is 6.54 Å². The van der Waals surface area contributed by atoms with Crippen molar-refractivity contribution in [1.82, 2.24) is 5.32 Å². The third-order valence-electron chi connectivity index (χ3n) is 3.85. The van der Waals surface area contributed by atoms with Crippen LogP contribution in [-0.2, 0) is 16.0 Å². The zero-order valence-corrected chi connectivity index (χ0v) is 11.2. The number of hydrogen-bond acceptors (Lipinski definition) is 2. The lowest BCUT2D eigenvalue weighted by molar-refractivity contribution is -0.141. The highest BCUT2D eigenvalue weighted by Crippen LogP contribution is 2.43. The molecule has 2 N–H and O–H groups in total. The maximum atomic E-state index is 13.0. The van der Waals surface area contributed by atoms with E-state index in [4.69, 9.17) is 5.11 Å². The number of carbonyl (C=O) groups is 2. The number of halogens is 1. The first-order valence-corrected chi connectivity index (χ1v) is 6.72. The molecule has 1 aliphatic carbocycles. The van der Waals surface area contributed by atoms with Crippen LogP contribution in [0.2, 0.25) is 0 Å². The summed E-state index contributed by atoms with van der Waals surface area (Å²) in [6.45, 7) is 0.382. The largest absolute Gasteiger partial charge is 0.481 e. The molecule has 1 fully saturated rings. The van der Waals surface area contributed by atoms with Crippen LogP contribution in [0.5, 0.6) is 0 Å². The lowest BCUT2D eigenvalue weighted by atomic mass is 9.66. The molecular formula is C15H18FNO3. The van der Waals surface area contributed by atoms with E-state index in [0.29, 0.717) is 12.1 Å². The monoisotopic (exact) mass is 279 g/mol. The molecule has 4 nitrogen and oxygen atoms in total. The Morgan fingerprint density at radius 1 is 1.35 bits per heavy atom. The fourth-order valence-corrected chi connectivity index (χ4v) is 2.59. The molecule has 5 heteroatoms. The zero-order chi connectivity index (χ0) is 14.6. The molecule has 0 unspecified atom stereocenters. The Hall–Kier alpha value is -1.91. The Balaban J connectivity index is 1.84. The van der Waals surface area contributed by atoms with Gasteiger partial charge < -0.3 is 10.4 Å². The fourth-order valence-electron chi connectivity index (χ4n) is 2.59. The summed E-state index contributed by atoms with van der Waals surface area (Å²) >= 11 is 0. The molecule has 0 aliphatic heterocycles. The van der Waals surface area contributed by atoms with Crippen LogP contribution >= 0.6 is 0 Å². The number of nitrogens with one attached hydrogen (secondary N) is 1. The highest BCUT2D eigenvalue weighted by molar-refractivity contribution is 5.78. The molecule has 1 aromatic carbocycles. The van der Waals surface area contributed by atoms with Gasteiger partial charge in [0, 0.05) is 6.54 Å². The van der Waals surface area contributed by atoms with Gasteiger partial charge >= 0.3 is 5.97 Å². The second kappa shape index (κ2) is 6.03. The molecule has 1 aliphatic rings. The smallest absolute Gasteiger partial charge is 0.303 e. The third-order valence-corrected chi connectivity index (χ3v) is 3.85. The minimum atomic E-state index is -0.830. The van der Waals surface area contributed by atoms with Crippen molar-refractivity contribution in [3.8, 4) is 0 Å². The molecule has 0 saturated heterocycles. The lowest BCUT2D eigenvalue weighted by Gasteiger charge is -2.40. The topological polar surface area (TPSA) is 66.4 Å². The predicted molar refractivity (Wildman–Crippen MR) is 71.7 cm³/mol. The number of aliphatic carboxylic acids is 1. The van der Waals surface area contributed by atoms with Crippen LogP contribution in [-0.4, -0.2) is 23.5 Å². The van der Waals surface area contributed by atoms with E-state index in [1.807, 2.05) is 0 Å². The van der Waals surface area contributed by atoms with E-state index in [2.05, 4.69) is 5.32 Å². The second-order valence-electron chi connectivity index (χ2n) is 5.51. The van der Waals surface area contributed by atoms with Gasteiger partial charge in [0.15, 0.2) is 0 Å². The minimum absolute atomic E-state index is 0.0905. The summed E-state index contributed by atoms with van der Waals surface area (Å²) in [5.41, 5.74) is 0.326. The molecule has 1 saturated carbocycles. The predicted octanol–water partition coefficient (Wildman–Crippen LogP) is 2.13. The zero-order valence-electron chi connectivity index (χ0n) is 11.2. The van der Waals surface area contributed by atoms with Gasteiger partial charge in [-0.2, -0.15) is 0 Å². The summed E-state index contributed by atoms with van der Waals surface area (Å²) < 4.78 is 13.0. The normalized spacial score (nSPS) is 16.2. The van der Waals surface area contributed by atoms with Crippen LogP contribution in [0.15, 0.2) is 24.3 Å². The van der Waals surface area contributed by atoms with Gasteiger partial charge in [0.25, 0.3) is 0 Å². The Morgan fingerprint density at radius 3 is 2.65 bits per heavy atom. The van der Waals surface area contributed by atoms with Crippen molar-refractivity contribution >= 4 is 11.9 Å². The van der Waals surface area contributed by atoms with Crippen LogP contribution in [0.25, 0.3) is 0 Å². The maximum absolute atomic E-state index is 13.0. The number of carboxylic acids is 1. The van der Waals surface area contributed by atoms with Crippen LogP contribution in [0.1, 0.15) is 31.2 Å². The van der Waals surface area contributed by atoms with Gasteiger partial charge in [-0.3, -0.25) is 9.59 Å². The minimum Gasteiger partial charge on any atom is -0.481 e. The van der Waals surface area contributed by atoms with Crippen LogP contribution in [0.3, 0.4) is 0 Å². The van der Waals surface area contributed by atoms with Crippen molar-refractivity contribution in [2.45, 2.75) is 32.1 Å². The van der Waals surface area contributed by atoms with E-state index < -0.39 is 5.97 Å². The highest BCUT2D eigenvalue weighted by Gasteiger charge is 2.39. The van der Waals surface area contributed by atoms with Gasteiger partial charge in [-0.25, -0.2) is 4.39 Å². The quantitative estimate of drug-likeness (QED) is 0.838. The van der Waals surface area contributed by atoms with Crippen LogP contribution in [0.4, 0.5) is 4.39 Å². The molecule has 1 aromatic rings. The average Bonchev–Trinajstić information content (AvgIpc) is 2.32. The SMILES string of the molecule is O=C(O)CC1(CNC(=O)Cc2cccc(F)c2)CCC1. The molecule has 0 heterocycles. The highest BCUT2D eigenvalue weighted by atomic mass is 19.1. The Bertz CT molecular complexity index is 512. The number of benzene rings is 1. The summed E-state index contributed by atoms with van der Waals surface area (Å²) in [6.07, 6.45) is 2.88. The molecular weight excluding hydrogens is 261 g/mol. The van der Waals surface area contributed by atoms with E-state index in [0.717, 1.165) is 19.3 Å². The summed E-state index contributed by atoms with van der Waals surface area (Å²) in [4.78, 5) is 22.6. The lowest BCUT2D eigenvalue weighted by Crippen LogP contribution is -2.43. The van der Waals surface area contributed by atoms with E-state index in [9.17, 15) is 14.0 Å². The van der Waals surface area contributed by atoms with Crippen molar-refractivity contribution in [2.24, 2.45) is 5.41 Å². The Morgan fingerprint density at radius 2 is 2.10 bits per heavy atom. The van der Waals surface area contributed by atoms with Crippen LogP contribution < -0.4 is 5.32 Å². The van der Waals surface area contributed by atoms with E-state index >= 15 is 0 Å². The van der Waals surface area contributed by atoms with Gasteiger partial charge in [0.1, 0.15) is 5.82 Å². The van der Waals surface area contributed by atoms with Gasteiger partial charge in [-0.05, 0) is 36.0 Å². The molecule has 20 heavy (non-hydrogen) atoms. The van der Waals surface area contributed by atoms with Crippen molar-refractivity contribution in [1.29, 1.82) is 0 Å². The van der Waals surface area contributed by atoms with E-state index in [1.54, 1.807) is 12.1 Å². The van der Waals surface area contributed by atoms with Gasteiger partial charge in [-0.15, -0.1) is 0 Å². The molecule has 0 atom stereocenters. The molecule has 0 bridgehead atoms. The number of hydrogen-bond donors (Lipinski definition) is 2. The number of rotatable bonds is 6. The van der Waals surface area contributed by atoms with Crippen molar-refractivity contribution < 1.29 is 19.1 Å². The number of carboxylic acid groups (broad SMARTS) is 1. The Labute approximate surface area is 117 Å². The third kappa shape index (κ3) is 3.79. The number of amides is 1. The fraction of sp³-hybridized carbons (Fsp3) is 0.467. The first kappa shape index (κ1) is 14.5. The summed E-state index contributed by atoms with van der Waals surface area (Å²) in [6, 6.07) is 5.92. The molecule has 0 radical (unpaired) electrons. The van der Waals surface area contributed by atoms with Crippen molar-refractivity contribution in [3.63, 3.8) is 0 Å². The van der Waals surface area contributed by atoms with Crippen molar-refractivity contribution in [3.05, 3.63) is 35.6 Å². The Kier molecular flexibility index (Phi) is 4.37. The molecule has 0 aromatic heterocycles. The average molecular weight is 279 g/mol. The maximum Gasteiger partial charge on any atom is 0.303 e. The number of carbonyl (C=O) groups excluding carboxylic acids is 1. The van der Waals surface area contributed by atoms with E-state index in [1.165, 1.54) is 12.1 Å². The first-order valence-electron chi connectivity index (χ1n) is 6.72. The van der Waals surface area contributed by atoms with Gasteiger partial charge in [0.2, 0.25) is 5.91 Å². The molecule has 108 valence electrons. The molecule has 1 amide bonds. The van der Waals surface area contributed by atoms with Crippen LogP contribution in [0, 0.1) is 11.2 Å². The van der Waals surface area contributed by atoms with Gasteiger partial charge in [-0.1, -0.05) is 18.6 Å². The standard InChI is InChI=1S/C15H18FNO3/c16-12-4-1-3-11(7-12)8-13(18)17-10-15(5-2-6-15)9-14(19)20/h1,3-4,7H,2,5-6,8-10H2,(H,17,18)(H,19,20). The van der Waals surface area contributed by atoms with Gasteiger partial charge in [0.05, 0.1) is 12.8 Å². The second-order valence-corrected chi connectivity index (χ2v) is 5.51. The summed E-state index contributed by atoms with van der Waals surface area (Å²) in [5, 5.41) is 11.7. The molecule has 0 spiro atoms. The molecule has 2 rings (SSSR count). The summed E-state index contributed by atoms with van der Waals surface area (Å²) in [5.74, 6) is -1.40.